The van der Waals surface area contributed by atoms with E-state index in [1.807, 2.05) is 0 Å². The second-order valence-electron chi connectivity index (χ2n) is 5.05. The second kappa shape index (κ2) is 8.15. The van der Waals surface area contributed by atoms with Gasteiger partial charge in [0.1, 0.15) is 0 Å². The molecular weight excluding hydrogens is 182 g/mol. The molecule has 2 rings (SSSR count). The summed E-state index contributed by atoms with van der Waals surface area (Å²) in [5.74, 6) is 2.31. The average molecular weight is 211 g/mol. The zero-order chi connectivity index (χ0) is 10.9. The molecular formula is C14H29N. The van der Waals surface area contributed by atoms with E-state index in [4.69, 9.17) is 0 Å². The molecule has 0 spiro atoms. The summed E-state index contributed by atoms with van der Waals surface area (Å²) in [5, 5.41) is 3.11. The number of nitrogens with one attached hydrogen (secondary N) is 1. The molecule has 0 unspecified atom stereocenters. The Bertz CT molecular complexity index is 116. The maximum absolute atomic E-state index is 3.11. The molecule has 0 saturated heterocycles. The van der Waals surface area contributed by atoms with Gasteiger partial charge >= 0.3 is 0 Å². The first-order chi connectivity index (χ1) is 7.38. The molecule has 0 radical (unpaired) electrons. The van der Waals surface area contributed by atoms with Crippen LogP contribution in [0.4, 0.5) is 0 Å². The molecule has 0 bridgehead atoms. The molecule has 0 heterocycles. The van der Waals surface area contributed by atoms with Crippen LogP contribution in [0.15, 0.2) is 0 Å². The molecule has 0 aromatic heterocycles. The summed E-state index contributed by atoms with van der Waals surface area (Å²) in [6, 6.07) is 0. The number of fused-ring (bicyclic) bond motifs is 1. The Morgan fingerprint density at radius 3 is 1.27 bits per heavy atom. The van der Waals surface area contributed by atoms with E-state index in [0.29, 0.717) is 0 Å². The molecule has 90 valence electrons. The SMILES string of the molecule is C1CCC2CCCCC2C1.CCNCC. The summed E-state index contributed by atoms with van der Waals surface area (Å²) >= 11 is 0. The fraction of sp³-hybridized carbons (Fsp3) is 1.00. The van der Waals surface area contributed by atoms with Gasteiger partial charge in [0.05, 0.1) is 0 Å². The highest BCUT2D eigenvalue weighted by Crippen LogP contribution is 2.39. The molecule has 2 saturated carbocycles. The molecule has 1 N–H and O–H groups in total. The maximum atomic E-state index is 3.11. The van der Waals surface area contributed by atoms with Gasteiger partial charge in [-0.3, -0.25) is 0 Å². The second-order valence-corrected chi connectivity index (χ2v) is 5.05. The van der Waals surface area contributed by atoms with Crippen molar-refractivity contribution in [3.63, 3.8) is 0 Å². The zero-order valence-corrected chi connectivity index (χ0v) is 10.7. The van der Waals surface area contributed by atoms with Crippen molar-refractivity contribution < 1.29 is 0 Å². The molecule has 0 aromatic carbocycles. The lowest BCUT2D eigenvalue weighted by Gasteiger charge is -2.35. The monoisotopic (exact) mass is 211 g/mol. The number of hydrogen-bond acceptors (Lipinski definition) is 1. The van der Waals surface area contributed by atoms with Crippen LogP contribution in [-0.4, -0.2) is 13.1 Å². The van der Waals surface area contributed by atoms with Gasteiger partial charge in [0, 0.05) is 0 Å². The fourth-order valence-electron chi connectivity index (χ4n) is 3.11. The van der Waals surface area contributed by atoms with Crippen molar-refractivity contribution in [3.05, 3.63) is 0 Å². The van der Waals surface area contributed by atoms with E-state index in [9.17, 15) is 0 Å². The van der Waals surface area contributed by atoms with Crippen molar-refractivity contribution >= 4 is 0 Å². The zero-order valence-electron chi connectivity index (χ0n) is 10.7. The summed E-state index contributed by atoms with van der Waals surface area (Å²) in [6.45, 7) is 6.39. The van der Waals surface area contributed by atoms with E-state index >= 15 is 0 Å². The molecule has 0 atom stereocenters. The third-order valence-electron chi connectivity index (χ3n) is 3.97. The lowest BCUT2D eigenvalue weighted by atomic mass is 9.71. The Hall–Kier alpha value is -0.0400. The Labute approximate surface area is 96.0 Å². The Morgan fingerprint density at radius 1 is 0.733 bits per heavy atom. The van der Waals surface area contributed by atoms with Crippen LogP contribution < -0.4 is 5.32 Å². The average Bonchev–Trinajstić information content (AvgIpc) is 2.31. The van der Waals surface area contributed by atoms with Crippen molar-refractivity contribution in [2.24, 2.45) is 11.8 Å². The van der Waals surface area contributed by atoms with Crippen LogP contribution in [0.2, 0.25) is 0 Å². The van der Waals surface area contributed by atoms with Crippen LogP contribution in [0, 0.1) is 11.8 Å². The largest absolute Gasteiger partial charge is 0.317 e. The van der Waals surface area contributed by atoms with Crippen molar-refractivity contribution in [1.29, 1.82) is 0 Å². The minimum atomic E-state index is 1.09. The van der Waals surface area contributed by atoms with Crippen LogP contribution in [0.3, 0.4) is 0 Å². The van der Waals surface area contributed by atoms with E-state index in [2.05, 4.69) is 19.2 Å². The van der Waals surface area contributed by atoms with Gasteiger partial charge in [0.15, 0.2) is 0 Å². The minimum Gasteiger partial charge on any atom is -0.317 e. The molecule has 0 amide bonds. The first-order valence-electron chi connectivity index (χ1n) is 7.09. The highest BCUT2D eigenvalue weighted by atomic mass is 14.8. The Morgan fingerprint density at radius 2 is 1.07 bits per heavy atom. The summed E-state index contributed by atoms with van der Waals surface area (Å²) in [5.41, 5.74) is 0. The van der Waals surface area contributed by atoms with Gasteiger partial charge in [-0.1, -0.05) is 65.2 Å². The van der Waals surface area contributed by atoms with Gasteiger partial charge in [-0.2, -0.15) is 0 Å². The van der Waals surface area contributed by atoms with Crippen LogP contribution in [0.1, 0.15) is 65.2 Å². The van der Waals surface area contributed by atoms with Gasteiger partial charge in [0.2, 0.25) is 0 Å². The Balaban J connectivity index is 0.000000195. The molecule has 15 heavy (non-hydrogen) atoms. The first-order valence-corrected chi connectivity index (χ1v) is 7.09. The highest BCUT2D eigenvalue weighted by Gasteiger charge is 2.26. The lowest BCUT2D eigenvalue weighted by Crippen LogP contribution is -2.22. The molecule has 1 nitrogen and oxygen atoms in total. The van der Waals surface area contributed by atoms with Gasteiger partial charge in [-0.15, -0.1) is 0 Å². The topological polar surface area (TPSA) is 12.0 Å². The summed E-state index contributed by atoms with van der Waals surface area (Å²) in [7, 11) is 0. The van der Waals surface area contributed by atoms with E-state index in [-0.39, 0.29) is 0 Å². The van der Waals surface area contributed by atoms with Gasteiger partial charge < -0.3 is 5.32 Å². The van der Waals surface area contributed by atoms with Crippen molar-refractivity contribution in [2.75, 3.05) is 13.1 Å². The van der Waals surface area contributed by atoms with Crippen LogP contribution >= 0.6 is 0 Å². The predicted octanol–water partition coefficient (Wildman–Crippen LogP) is 3.98. The van der Waals surface area contributed by atoms with Crippen molar-refractivity contribution in [1.82, 2.24) is 5.32 Å². The summed E-state index contributed by atoms with van der Waals surface area (Å²) < 4.78 is 0. The van der Waals surface area contributed by atoms with Gasteiger partial charge in [-0.25, -0.2) is 0 Å². The van der Waals surface area contributed by atoms with E-state index in [0.717, 1.165) is 24.9 Å². The minimum absolute atomic E-state index is 1.09. The highest BCUT2D eigenvalue weighted by molar-refractivity contribution is 4.78. The summed E-state index contributed by atoms with van der Waals surface area (Å²) in [4.78, 5) is 0. The van der Waals surface area contributed by atoms with Gasteiger partial charge in [-0.05, 0) is 24.9 Å². The lowest BCUT2D eigenvalue weighted by molar-refractivity contribution is 0.171. The van der Waals surface area contributed by atoms with Gasteiger partial charge in [0.25, 0.3) is 0 Å². The van der Waals surface area contributed by atoms with Crippen molar-refractivity contribution in [2.45, 2.75) is 65.2 Å². The van der Waals surface area contributed by atoms with E-state index in [1.165, 1.54) is 25.7 Å². The van der Waals surface area contributed by atoms with Crippen molar-refractivity contribution in [3.8, 4) is 0 Å². The third-order valence-corrected chi connectivity index (χ3v) is 3.97. The van der Waals surface area contributed by atoms with Crippen LogP contribution in [0.25, 0.3) is 0 Å². The maximum Gasteiger partial charge on any atom is -0.00775 e. The number of hydrogen-bond donors (Lipinski definition) is 1. The quantitative estimate of drug-likeness (QED) is 0.728. The summed E-state index contributed by atoms with van der Waals surface area (Å²) in [6.07, 6.45) is 12.4. The fourth-order valence-corrected chi connectivity index (χ4v) is 3.11. The van der Waals surface area contributed by atoms with Crippen LogP contribution in [-0.2, 0) is 0 Å². The third kappa shape index (κ3) is 5.01. The molecule has 2 aliphatic carbocycles. The van der Waals surface area contributed by atoms with E-state index < -0.39 is 0 Å². The Kier molecular flexibility index (Phi) is 7.08. The molecule has 2 aliphatic rings. The van der Waals surface area contributed by atoms with Crippen LogP contribution in [0.5, 0.6) is 0 Å². The first kappa shape index (κ1) is 13.0. The smallest absolute Gasteiger partial charge is 0.00775 e. The molecule has 0 aromatic rings. The van der Waals surface area contributed by atoms with E-state index in [1.54, 1.807) is 25.7 Å². The predicted molar refractivity (Wildman–Crippen MR) is 68.1 cm³/mol. The normalized spacial score (nSPS) is 30.0. The molecule has 0 aliphatic heterocycles. The molecule has 1 heteroatoms. The number of rotatable bonds is 2. The standard InChI is InChI=1S/C10H18.C4H11N/c1-2-6-10-8-4-3-7-9(10)5-1;1-3-5-4-2/h9-10H,1-8H2;5H,3-4H2,1-2H3. The molecule has 2 fully saturated rings.